The minimum absolute atomic E-state index is 0.398. The molecule has 0 amide bonds. The lowest BCUT2D eigenvalue weighted by molar-refractivity contribution is -0.141. The van der Waals surface area contributed by atoms with Crippen LogP contribution in [0.3, 0.4) is 0 Å². The van der Waals surface area contributed by atoms with Crippen LogP contribution in [0.25, 0.3) is 0 Å². The summed E-state index contributed by atoms with van der Waals surface area (Å²) in [6, 6.07) is 0.980. The lowest BCUT2D eigenvalue weighted by atomic mass is 10.3. The van der Waals surface area contributed by atoms with E-state index in [4.69, 9.17) is 0 Å². The molecule has 0 saturated heterocycles. The maximum Gasteiger partial charge on any atom is 0.433 e. The molecule has 0 fully saturated rings. The standard InChI is InChI=1S/C8H8BrF3N2/c1-2-13-6-3-7(8(10,11)12)14-4-5(6)9/h3-4H,2H2,1H3,(H,13,14). The maximum atomic E-state index is 12.2. The normalized spacial score (nSPS) is 11.5. The molecule has 0 aliphatic rings. The lowest BCUT2D eigenvalue weighted by Gasteiger charge is -2.10. The van der Waals surface area contributed by atoms with Crippen LogP contribution in [0, 0.1) is 0 Å². The molecule has 1 rings (SSSR count). The van der Waals surface area contributed by atoms with Crippen LogP contribution < -0.4 is 5.32 Å². The fourth-order valence-electron chi connectivity index (χ4n) is 0.920. The van der Waals surface area contributed by atoms with Crippen LogP contribution in [0.5, 0.6) is 0 Å². The van der Waals surface area contributed by atoms with E-state index in [1.54, 1.807) is 6.92 Å². The first-order valence-corrected chi connectivity index (χ1v) is 4.71. The van der Waals surface area contributed by atoms with E-state index in [9.17, 15) is 13.2 Å². The number of alkyl halides is 3. The first-order valence-electron chi connectivity index (χ1n) is 3.91. The molecular weight excluding hydrogens is 261 g/mol. The van der Waals surface area contributed by atoms with Gasteiger partial charge in [0.25, 0.3) is 0 Å². The van der Waals surface area contributed by atoms with Crippen LogP contribution in [0.15, 0.2) is 16.7 Å². The molecule has 0 aliphatic heterocycles. The number of aromatic nitrogens is 1. The van der Waals surface area contributed by atoms with Crippen molar-refractivity contribution in [3.63, 3.8) is 0 Å². The van der Waals surface area contributed by atoms with Gasteiger partial charge in [0.2, 0.25) is 0 Å². The number of rotatable bonds is 2. The summed E-state index contributed by atoms with van der Waals surface area (Å²) in [6.07, 6.45) is -3.26. The Morgan fingerprint density at radius 1 is 1.50 bits per heavy atom. The average Bonchev–Trinajstić information content (AvgIpc) is 2.07. The molecule has 0 bridgehead atoms. The zero-order valence-electron chi connectivity index (χ0n) is 7.32. The smallest absolute Gasteiger partial charge is 0.384 e. The number of nitrogens with one attached hydrogen (secondary N) is 1. The molecule has 1 N–H and O–H groups in total. The van der Waals surface area contributed by atoms with Crippen LogP contribution in [-0.2, 0) is 6.18 Å². The van der Waals surface area contributed by atoms with Crippen molar-refractivity contribution in [1.29, 1.82) is 0 Å². The van der Waals surface area contributed by atoms with Crippen LogP contribution in [0.4, 0.5) is 18.9 Å². The largest absolute Gasteiger partial charge is 0.433 e. The third-order valence-electron chi connectivity index (χ3n) is 1.51. The summed E-state index contributed by atoms with van der Waals surface area (Å²) < 4.78 is 37.2. The van der Waals surface area contributed by atoms with Gasteiger partial charge < -0.3 is 5.32 Å². The second kappa shape index (κ2) is 4.16. The molecule has 1 aromatic heterocycles. The Morgan fingerprint density at radius 2 is 2.14 bits per heavy atom. The Bertz CT molecular complexity index is 325. The van der Waals surface area contributed by atoms with E-state index >= 15 is 0 Å². The molecule has 0 saturated carbocycles. The zero-order chi connectivity index (χ0) is 10.8. The van der Waals surface area contributed by atoms with Crippen molar-refractivity contribution in [1.82, 2.24) is 4.98 Å². The van der Waals surface area contributed by atoms with E-state index in [2.05, 4.69) is 26.2 Å². The van der Waals surface area contributed by atoms with Crippen molar-refractivity contribution >= 4 is 21.6 Å². The molecule has 0 unspecified atom stereocenters. The van der Waals surface area contributed by atoms with E-state index in [0.717, 1.165) is 12.3 Å². The minimum Gasteiger partial charge on any atom is -0.384 e. The van der Waals surface area contributed by atoms with Crippen molar-refractivity contribution < 1.29 is 13.2 Å². The van der Waals surface area contributed by atoms with Gasteiger partial charge in [0.05, 0.1) is 10.2 Å². The predicted molar refractivity (Wildman–Crippen MR) is 51.1 cm³/mol. The summed E-state index contributed by atoms with van der Waals surface area (Å²) in [5.41, 5.74) is -0.494. The van der Waals surface area contributed by atoms with Crippen molar-refractivity contribution in [2.75, 3.05) is 11.9 Å². The SMILES string of the molecule is CCNc1cc(C(F)(F)F)ncc1Br. The van der Waals surface area contributed by atoms with Gasteiger partial charge in [-0.2, -0.15) is 13.2 Å². The summed E-state index contributed by atoms with van der Waals surface area (Å²) >= 11 is 3.11. The summed E-state index contributed by atoms with van der Waals surface area (Å²) in [5, 5.41) is 2.80. The number of anilines is 1. The molecule has 78 valence electrons. The predicted octanol–water partition coefficient (Wildman–Crippen LogP) is 3.29. The monoisotopic (exact) mass is 268 g/mol. The van der Waals surface area contributed by atoms with E-state index in [0.29, 0.717) is 16.7 Å². The molecular formula is C8H8BrF3N2. The van der Waals surface area contributed by atoms with E-state index in [1.807, 2.05) is 0 Å². The Morgan fingerprint density at radius 3 is 2.64 bits per heavy atom. The average molecular weight is 269 g/mol. The van der Waals surface area contributed by atoms with Crippen LogP contribution in [0.2, 0.25) is 0 Å². The molecule has 0 spiro atoms. The molecule has 0 aliphatic carbocycles. The third-order valence-corrected chi connectivity index (χ3v) is 2.14. The van der Waals surface area contributed by atoms with Gasteiger partial charge in [-0.1, -0.05) is 0 Å². The second-order valence-corrected chi connectivity index (χ2v) is 3.43. The van der Waals surface area contributed by atoms with Crippen LogP contribution >= 0.6 is 15.9 Å². The maximum absolute atomic E-state index is 12.2. The highest BCUT2D eigenvalue weighted by atomic mass is 79.9. The van der Waals surface area contributed by atoms with Crippen molar-refractivity contribution in [2.24, 2.45) is 0 Å². The molecule has 0 aromatic carbocycles. The Kier molecular flexibility index (Phi) is 3.36. The van der Waals surface area contributed by atoms with Gasteiger partial charge in [0.15, 0.2) is 0 Å². The van der Waals surface area contributed by atoms with E-state index < -0.39 is 11.9 Å². The number of halogens is 4. The quantitative estimate of drug-likeness (QED) is 0.891. The first kappa shape index (κ1) is 11.3. The summed E-state index contributed by atoms with van der Waals surface area (Å²) in [4.78, 5) is 3.28. The fourth-order valence-corrected chi connectivity index (χ4v) is 1.28. The van der Waals surface area contributed by atoms with Gasteiger partial charge in [0.1, 0.15) is 5.69 Å². The van der Waals surface area contributed by atoms with Crippen molar-refractivity contribution in [2.45, 2.75) is 13.1 Å². The Balaban J connectivity index is 3.06. The van der Waals surface area contributed by atoms with Gasteiger partial charge >= 0.3 is 6.18 Å². The van der Waals surface area contributed by atoms with Gasteiger partial charge in [-0.25, -0.2) is 0 Å². The first-order chi connectivity index (χ1) is 6.45. The topological polar surface area (TPSA) is 24.9 Å². The van der Waals surface area contributed by atoms with Gasteiger partial charge in [0, 0.05) is 12.7 Å². The number of hydrogen-bond acceptors (Lipinski definition) is 2. The van der Waals surface area contributed by atoms with Gasteiger partial charge in [-0.3, -0.25) is 4.98 Å². The number of nitrogens with zero attached hydrogens (tertiary/aromatic N) is 1. The second-order valence-electron chi connectivity index (χ2n) is 2.58. The lowest BCUT2D eigenvalue weighted by Crippen LogP contribution is -2.09. The fraction of sp³-hybridized carbons (Fsp3) is 0.375. The molecule has 0 atom stereocenters. The van der Waals surface area contributed by atoms with Crippen molar-refractivity contribution in [3.05, 3.63) is 22.4 Å². The zero-order valence-corrected chi connectivity index (χ0v) is 8.91. The minimum atomic E-state index is -4.40. The molecule has 1 heterocycles. The number of pyridine rings is 1. The highest BCUT2D eigenvalue weighted by molar-refractivity contribution is 9.10. The highest BCUT2D eigenvalue weighted by Gasteiger charge is 2.32. The summed E-state index contributed by atoms with van der Waals surface area (Å²) in [7, 11) is 0. The third kappa shape index (κ3) is 2.60. The molecule has 14 heavy (non-hydrogen) atoms. The van der Waals surface area contributed by atoms with E-state index in [1.165, 1.54) is 0 Å². The molecule has 0 radical (unpaired) electrons. The summed E-state index contributed by atoms with van der Waals surface area (Å²) in [6.45, 7) is 2.36. The molecule has 6 heteroatoms. The van der Waals surface area contributed by atoms with Crippen molar-refractivity contribution in [3.8, 4) is 0 Å². The van der Waals surface area contributed by atoms with Gasteiger partial charge in [-0.05, 0) is 28.9 Å². The Labute approximate surface area is 87.7 Å². The Hall–Kier alpha value is -0.780. The highest BCUT2D eigenvalue weighted by Crippen LogP contribution is 2.31. The van der Waals surface area contributed by atoms with Crippen LogP contribution in [-0.4, -0.2) is 11.5 Å². The van der Waals surface area contributed by atoms with Crippen LogP contribution in [0.1, 0.15) is 12.6 Å². The van der Waals surface area contributed by atoms with E-state index in [-0.39, 0.29) is 0 Å². The van der Waals surface area contributed by atoms with Gasteiger partial charge in [-0.15, -0.1) is 0 Å². The molecule has 1 aromatic rings. The molecule has 2 nitrogen and oxygen atoms in total. The number of hydrogen-bond donors (Lipinski definition) is 1. The summed E-state index contributed by atoms with van der Waals surface area (Å²) in [5.74, 6) is 0.